The molecule has 1 atom stereocenters. The molecular formula is C15H20ClN3O2S2. The molecule has 1 amide bonds. The number of carbonyl (C=O) groups excluding carboxylic acids is 1. The van der Waals surface area contributed by atoms with Crippen molar-refractivity contribution in [1.29, 1.82) is 0 Å². The van der Waals surface area contributed by atoms with Gasteiger partial charge in [-0.3, -0.25) is 4.79 Å². The lowest BCUT2D eigenvalue weighted by molar-refractivity contribution is -0.134. The van der Waals surface area contributed by atoms with Crippen LogP contribution in [0.15, 0.2) is 11.4 Å². The fourth-order valence-corrected chi connectivity index (χ4v) is 4.42. The van der Waals surface area contributed by atoms with Crippen LogP contribution < -0.4 is 5.73 Å². The van der Waals surface area contributed by atoms with Gasteiger partial charge in [0.2, 0.25) is 5.91 Å². The molecule has 8 heteroatoms. The number of nitrogens with two attached hydrogens (primary N) is 1. The summed E-state index contributed by atoms with van der Waals surface area (Å²) in [6.45, 7) is 3.62. The first kappa shape index (κ1) is 18.4. The van der Waals surface area contributed by atoms with Gasteiger partial charge in [-0.05, 0) is 25.0 Å². The minimum absolute atomic E-state index is 0. The highest BCUT2D eigenvalue weighted by Crippen LogP contribution is 2.35. The van der Waals surface area contributed by atoms with Crippen LogP contribution in [0.3, 0.4) is 0 Å². The maximum Gasteiger partial charge on any atom is 0.242 e. The number of amides is 1. The molecule has 1 aliphatic heterocycles. The molecule has 3 rings (SSSR count). The second-order valence-corrected chi connectivity index (χ2v) is 7.58. The monoisotopic (exact) mass is 373 g/mol. The molecule has 0 saturated heterocycles. The molecule has 0 fully saturated rings. The Morgan fingerprint density at radius 1 is 1.57 bits per heavy atom. The van der Waals surface area contributed by atoms with E-state index < -0.39 is 6.04 Å². The SMILES string of the molecule is COCC(N)C(=O)N1CCc2sc(-c3csc(C)n3)cc2C1.Cl. The average Bonchev–Trinajstić information content (AvgIpc) is 3.11. The number of hydrogen-bond acceptors (Lipinski definition) is 6. The van der Waals surface area contributed by atoms with Crippen molar-refractivity contribution in [2.24, 2.45) is 5.73 Å². The number of thiophene rings is 1. The number of thiazole rings is 1. The van der Waals surface area contributed by atoms with Crippen molar-refractivity contribution < 1.29 is 9.53 Å². The predicted molar refractivity (Wildman–Crippen MR) is 96.4 cm³/mol. The molecule has 2 N–H and O–H groups in total. The zero-order valence-electron chi connectivity index (χ0n) is 13.1. The summed E-state index contributed by atoms with van der Waals surface area (Å²) in [5, 5.41) is 3.16. The number of fused-ring (bicyclic) bond motifs is 1. The van der Waals surface area contributed by atoms with E-state index in [2.05, 4.69) is 16.4 Å². The lowest BCUT2D eigenvalue weighted by Crippen LogP contribution is -2.47. The summed E-state index contributed by atoms with van der Waals surface area (Å²) in [4.78, 5) is 21.2. The first-order valence-electron chi connectivity index (χ1n) is 7.16. The van der Waals surface area contributed by atoms with E-state index in [0.717, 1.165) is 23.7 Å². The smallest absolute Gasteiger partial charge is 0.242 e. The Balaban J connectivity index is 0.00000192. The van der Waals surface area contributed by atoms with E-state index in [4.69, 9.17) is 10.5 Å². The fraction of sp³-hybridized carbons (Fsp3) is 0.467. The van der Waals surface area contributed by atoms with Gasteiger partial charge in [0, 0.05) is 30.5 Å². The Hall–Kier alpha value is -0.990. The molecule has 0 spiro atoms. The zero-order valence-corrected chi connectivity index (χ0v) is 15.5. The Morgan fingerprint density at radius 2 is 2.35 bits per heavy atom. The third-order valence-corrected chi connectivity index (χ3v) is 5.75. The first-order chi connectivity index (χ1) is 10.6. The molecule has 2 aromatic heterocycles. The fourth-order valence-electron chi connectivity index (χ4n) is 2.61. The summed E-state index contributed by atoms with van der Waals surface area (Å²) in [5.74, 6) is -0.0373. The minimum Gasteiger partial charge on any atom is -0.383 e. The highest BCUT2D eigenvalue weighted by atomic mass is 35.5. The molecule has 23 heavy (non-hydrogen) atoms. The summed E-state index contributed by atoms with van der Waals surface area (Å²) in [6, 6.07) is 1.58. The lowest BCUT2D eigenvalue weighted by atomic mass is 10.1. The third kappa shape index (κ3) is 3.92. The molecule has 126 valence electrons. The number of aryl methyl sites for hydroxylation is 1. The minimum atomic E-state index is -0.578. The van der Waals surface area contributed by atoms with Crippen LogP contribution in [-0.2, 0) is 22.5 Å². The van der Waals surface area contributed by atoms with Crippen molar-refractivity contribution in [2.75, 3.05) is 20.3 Å². The van der Waals surface area contributed by atoms with Crippen molar-refractivity contribution in [1.82, 2.24) is 9.88 Å². The third-order valence-electron chi connectivity index (χ3n) is 3.71. The molecule has 0 aromatic carbocycles. The standard InChI is InChI=1S/C15H19N3O2S2.ClH/c1-9-17-12(8-21-9)14-5-10-6-18(4-3-13(10)22-14)15(19)11(16)7-20-2;/h5,8,11H,3-4,6-7,16H2,1-2H3;1H. The van der Waals surface area contributed by atoms with E-state index in [1.54, 1.807) is 29.8 Å². The molecule has 0 saturated carbocycles. The molecule has 3 heterocycles. The van der Waals surface area contributed by atoms with Crippen LogP contribution >= 0.6 is 35.1 Å². The number of nitrogens with zero attached hydrogens (tertiary/aromatic N) is 2. The van der Waals surface area contributed by atoms with Crippen molar-refractivity contribution >= 4 is 41.0 Å². The summed E-state index contributed by atoms with van der Waals surface area (Å²) >= 11 is 3.45. The second kappa shape index (κ2) is 7.72. The largest absolute Gasteiger partial charge is 0.383 e. The summed E-state index contributed by atoms with van der Waals surface area (Å²) in [5.41, 5.74) is 8.11. The number of carbonyl (C=O) groups is 1. The van der Waals surface area contributed by atoms with Crippen molar-refractivity contribution in [3.63, 3.8) is 0 Å². The molecule has 2 aromatic rings. The molecular weight excluding hydrogens is 354 g/mol. The first-order valence-corrected chi connectivity index (χ1v) is 8.85. The number of aromatic nitrogens is 1. The van der Waals surface area contributed by atoms with Gasteiger partial charge in [-0.1, -0.05) is 0 Å². The summed E-state index contributed by atoms with van der Waals surface area (Å²) < 4.78 is 4.97. The highest BCUT2D eigenvalue weighted by Gasteiger charge is 2.26. The van der Waals surface area contributed by atoms with Crippen LogP contribution in [0.1, 0.15) is 15.4 Å². The highest BCUT2D eigenvalue weighted by molar-refractivity contribution is 7.16. The Morgan fingerprint density at radius 3 is 3.00 bits per heavy atom. The topological polar surface area (TPSA) is 68.5 Å². The maximum atomic E-state index is 12.3. The van der Waals surface area contributed by atoms with Crippen LogP contribution in [0.25, 0.3) is 10.6 Å². The van der Waals surface area contributed by atoms with E-state index in [9.17, 15) is 4.79 Å². The predicted octanol–water partition coefficient (Wildman–Crippen LogP) is 2.46. The van der Waals surface area contributed by atoms with Gasteiger partial charge in [-0.15, -0.1) is 35.1 Å². The van der Waals surface area contributed by atoms with Gasteiger partial charge in [0.05, 0.1) is 22.2 Å². The quantitative estimate of drug-likeness (QED) is 0.893. The van der Waals surface area contributed by atoms with Gasteiger partial charge in [-0.2, -0.15) is 0 Å². The lowest BCUT2D eigenvalue weighted by Gasteiger charge is -2.29. The van der Waals surface area contributed by atoms with Crippen molar-refractivity contribution in [3.8, 4) is 10.6 Å². The van der Waals surface area contributed by atoms with Crippen LogP contribution in [0, 0.1) is 6.92 Å². The van der Waals surface area contributed by atoms with Gasteiger partial charge in [0.1, 0.15) is 6.04 Å². The molecule has 5 nitrogen and oxygen atoms in total. The molecule has 0 bridgehead atoms. The summed E-state index contributed by atoms with van der Waals surface area (Å²) in [7, 11) is 1.56. The Kier molecular flexibility index (Phi) is 6.16. The maximum absolute atomic E-state index is 12.3. The van der Waals surface area contributed by atoms with Crippen molar-refractivity contribution in [2.45, 2.75) is 25.9 Å². The van der Waals surface area contributed by atoms with E-state index >= 15 is 0 Å². The number of rotatable bonds is 4. The number of ether oxygens (including phenoxy) is 1. The van der Waals surface area contributed by atoms with Gasteiger partial charge in [-0.25, -0.2) is 4.98 Å². The van der Waals surface area contributed by atoms with Gasteiger partial charge < -0.3 is 15.4 Å². The van der Waals surface area contributed by atoms with Gasteiger partial charge in [0.25, 0.3) is 0 Å². The molecule has 1 aliphatic rings. The van der Waals surface area contributed by atoms with E-state index in [0.29, 0.717) is 6.54 Å². The van der Waals surface area contributed by atoms with Crippen LogP contribution in [-0.4, -0.2) is 42.1 Å². The number of halogens is 1. The average molecular weight is 374 g/mol. The van der Waals surface area contributed by atoms with Crippen LogP contribution in [0.2, 0.25) is 0 Å². The van der Waals surface area contributed by atoms with Crippen LogP contribution in [0.5, 0.6) is 0 Å². The number of hydrogen-bond donors (Lipinski definition) is 1. The van der Waals surface area contributed by atoms with E-state index in [1.807, 2.05) is 11.8 Å². The molecule has 0 aliphatic carbocycles. The summed E-state index contributed by atoms with van der Waals surface area (Å²) in [6.07, 6.45) is 0.883. The van der Waals surface area contributed by atoms with Crippen molar-refractivity contribution in [3.05, 3.63) is 26.9 Å². The Labute approximate surface area is 149 Å². The normalized spacial score (nSPS) is 15.0. The van der Waals surface area contributed by atoms with Gasteiger partial charge >= 0.3 is 0 Å². The van der Waals surface area contributed by atoms with Crippen LogP contribution in [0.4, 0.5) is 0 Å². The van der Waals surface area contributed by atoms with Gasteiger partial charge in [0.15, 0.2) is 0 Å². The van der Waals surface area contributed by atoms with E-state index in [-0.39, 0.29) is 24.9 Å². The number of methoxy groups -OCH3 is 1. The zero-order chi connectivity index (χ0) is 15.7. The molecule has 0 radical (unpaired) electrons. The Bertz CT molecular complexity index is 686. The second-order valence-electron chi connectivity index (χ2n) is 5.38. The molecule has 1 unspecified atom stereocenters. The van der Waals surface area contributed by atoms with E-state index in [1.165, 1.54) is 15.3 Å².